The van der Waals surface area contributed by atoms with E-state index in [2.05, 4.69) is 24.5 Å². The minimum Gasteiger partial charge on any atom is -0.393 e. The Morgan fingerprint density at radius 2 is 2.00 bits per heavy atom. The van der Waals surface area contributed by atoms with Gasteiger partial charge < -0.3 is 15.7 Å². The van der Waals surface area contributed by atoms with Gasteiger partial charge >= 0.3 is 0 Å². The van der Waals surface area contributed by atoms with E-state index in [1.807, 2.05) is 0 Å². The van der Waals surface area contributed by atoms with E-state index in [0.717, 1.165) is 25.7 Å². The predicted molar refractivity (Wildman–Crippen MR) is 59.5 cm³/mol. The molecule has 1 aliphatic carbocycles. The topological polar surface area (TPSA) is 61.4 Å². The Hall–Kier alpha value is -0.610. The third kappa shape index (κ3) is 4.18. The van der Waals surface area contributed by atoms with Gasteiger partial charge in [0.25, 0.3) is 0 Å². The van der Waals surface area contributed by atoms with Crippen LogP contribution in [0.2, 0.25) is 0 Å². The number of amides is 1. The predicted octanol–water partition coefficient (Wildman–Crippen LogP) is 0.404. The summed E-state index contributed by atoms with van der Waals surface area (Å²) in [4.78, 5) is 11.5. The molecule has 0 aromatic rings. The normalized spacial score (nSPS) is 25.1. The third-order valence-electron chi connectivity index (χ3n) is 3.02. The monoisotopic (exact) mass is 214 g/mol. The molecule has 0 atom stereocenters. The second kappa shape index (κ2) is 6.08. The lowest BCUT2D eigenvalue weighted by molar-refractivity contribution is -0.121. The first-order valence-electron chi connectivity index (χ1n) is 5.86. The summed E-state index contributed by atoms with van der Waals surface area (Å²) in [5.74, 6) is 0.0603. The Balaban J connectivity index is 2.08. The molecular weight excluding hydrogens is 192 g/mol. The summed E-state index contributed by atoms with van der Waals surface area (Å²) >= 11 is 0. The van der Waals surface area contributed by atoms with Crippen molar-refractivity contribution in [2.75, 3.05) is 6.54 Å². The molecule has 0 aromatic carbocycles. The average Bonchev–Trinajstić information content (AvgIpc) is 2.19. The van der Waals surface area contributed by atoms with Crippen LogP contribution in [0.25, 0.3) is 0 Å². The fraction of sp³-hybridized carbons (Fsp3) is 0.909. The van der Waals surface area contributed by atoms with Crippen molar-refractivity contribution in [2.24, 2.45) is 0 Å². The molecule has 0 bridgehead atoms. The highest BCUT2D eigenvalue weighted by Gasteiger charge is 2.26. The number of nitrogens with one attached hydrogen (secondary N) is 2. The van der Waals surface area contributed by atoms with Crippen molar-refractivity contribution in [3.8, 4) is 0 Å². The summed E-state index contributed by atoms with van der Waals surface area (Å²) in [5.41, 5.74) is 0. The van der Waals surface area contributed by atoms with Crippen molar-refractivity contribution in [3.05, 3.63) is 0 Å². The highest BCUT2D eigenvalue weighted by molar-refractivity contribution is 5.78. The molecule has 1 amide bonds. The molecule has 0 unspecified atom stereocenters. The minimum atomic E-state index is -0.162. The lowest BCUT2D eigenvalue weighted by Gasteiger charge is -2.32. The molecule has 0 saturated heterocycles. The van der Waals surface area contributed by atoms with Crippen LogP contribution in [-0.2, 0) is 4.79 Å². The lowest BCUT2D eigenvalue weighted by atomic mass is 9.89. The Morgan fingerprint density at radius 1 is 1.40 bits per heavy atom. The van der Waals surface area contributed by atoms with Gasteiger partial charge in [0.2, 0.25) is 5.91 Å². The number of hydrogen-bond acceptors (Lipinski definition) is 3. The molecule has 0 aromatic heterocycles. The van der Waals surface area contributed by atoms with E-state index in [9.17, 15) is 4.79 Å². The maximum absolute atomic E-state index is 11.5. The zero-order chi connectivity index (χ0) is 11.3. The summed E-state index contributed by atoms with van der Waals surface area (Å²) in [6, 6.07) is 0.624. The number of hydrogen-bond donors (Lipinski definition) is 3. The maximum Gasteiger partial charge on any atom is 0.234 e. The molecular formula is C11H22N2O2. The van der Waals surface area contributed by atoms with Crippen molar-refractivity contribution >= 4 is 5.91 Å². The first-order valence-corrected chi connectivity index (χ1v) is 5.86. The SMILES string of the molecule is CCC(CC)NC(=O)CNC1CC(O)C1. The Morgan fingerprint density at radius 3 is 2.47 bits per heavy atom. The van der Waals surface area contributed by atoms with Crippen LogP contribution in [-0.4, -0.2) is 35.7 Å². The van der Waals surface area contributed by atoms with Crippen LogP contribution in [0.4, 0.5) is 0 Å². The average molecular weight is 214 g/mol. The Bertz CT molecular complexity index is 199. The molecule has 0 radical (unpaired) electrons. The van der Waals surface area contributed by atoms with Crippen LogP contribution in [0.15, 0.2) is 0 Å². The van der Waals surface area contributed by atoms with Crippen LogP contribution >= 0.6 is 0 Å². The van der Waals surface area contributed by atoms with Gasteiger partial charge in [-0.25, -0.2) is 0 Å². The summed E-state index contributed by atoms with van der Waals surface area (Å²) in [7, 11) is 0. The van der Waals surface area contributed by atoms with E-state index in [0.29, 0.717) is 18.6 Å². The minimum absolute atomic E-state index is 0.0603. The number of rotatable bonds is 6. The molecule has 1 fully saturated rings. The van der Waals surface area contributed by atoms with Gasteiger partial charge in [-0.1, -0.05) is 13.8 Å². The van der Waals surface area contributed by atoms with Gasteiger partial charge in [0.05, 0.1) is 12.6 Å². The lowest BCUT2D eigenvalue weighted by Crippen LogP contribution is -2.48. The molecule has 0 heterocycles. The van der Waals surface area contributed by atoms with E-state index in [1.54, 1.807) is 0 Å². The van der Waals surface area contributed by atoms with Gasteiger partial charge in [0.1, 0.15) is 0 Å². The van der Waals surface area contributed by atoms with Crippen LogP contribution in [0.5, 0.6) is 0 Å². The summed E-state index contributed by atoms with van der Waals surface area (Å²) < 4.78 is 0. The molecule has 1 aliphatic rings. The molecule has 4 nitrogen and oxygen atoms in total. The summed E-state index contributed by atoms with van der Waals surface area (Å²) in [6.45, 7) is 4.52. The third-order valence-corrected chi connectivity index (χ3v) is 3.02. The molecule has 88 valence electrons. The number of carbonyl (C=O) groups is 1. The van der Waals surface area contributed by atoms with Gasteiger partial charge in [-0.3, -0.25) is 4.79 Å². The van der Waals surface area contributed by atoms with Gasteiger partial charge in [-0.2, -0.15) is 0 Å². The van der Waals surface area contributed by atoms with Gasteiger partial charge in [0.15, 0.2) is 0 Å². The van der Waals surface area contributed by atoms with Crippen LogP contribution in [0, 0.1) is 0 Å². The van der Waals surface area contributed by atoms with Gasteiger partial charge in [-0.05, 0) is 25.7 Å². The van der Waals surface area contributed by atoms with Crippen molar-refractivity contribution < 1.29 is 9.90 Å². The zero-order valence-electron chi connectivity index (χ0n) is 9.62. The largest absolute Gasteiger partial charge is 0.393 e. The smallest absolute Gasteiger partial charge is 0.234 e. The Kier molecular flexibility index (Phi) is 5.05. The Labute approximate surface area is 91.4 Å². The van der Waals surface area contributed by atoms with E-state index in [4.69, 9.17) is 5.11 Å². The van der Waals surface area contributed by atoms with E-state index < -0.39 is 0 Å². The second-order valence-corrected chi connectivity index (χ2v) is 4.28. The highest BCUT2D eigenvalue weighted by atomic mass is 16.3. The molecule has 4 heteroatoms. The van der Waals surface area contributed by atoms with Crippen LogP contribution in [0.3, 0.4) is 0 Å². The summed E-state index contributed by atoms with van der Waals surface area (Å²) in [5, 5.41) is 15.2. The first-order chi connectivity index (χ1) is 7.15. The highest BCUT2D eigenvalue weighted by Crippen LogP contribution is 2.18. The molecule has 1 rings (SSSR count). The van der Waals surface area contributed by atoms with Crippen molar-refractivity contribution in [2.45, 2.75) is 57.7 Å². The molecule has 3 N–H and O–H groups in total. The van der Waals surface area contributed by atoms with Gasteiger partial charge in [0, 0.05) is 12.1 Å². The van der Waals surface area contributed by atoms with Crippen molar-refractivity contribution in [3.63, 3.8) is 0 Å². The van der Waals surface area contributed by atoms with Gasteiger partial charge in [-0.15, -0.1) is 0 Å². The maximum atomic E-state index is 11.5. The van der Waals surface area contributed by atoms with Crippen LogP contribution in [0.1, 0.15) is 39.5 Å². The first kappa shape index (κ1) is 12.5. The molecule has 15 heavy (non-hydrogen) atoms. The van der Waals surface area contributed by atoms with E-state index >= 15 is 0 Å². The van der Waals surface area contributed by atoms with Crippen LogP contribution < -0.4 is 10.6 Å². The fourth-order valence-corrected chi connectivity index (χ4v) is 1.76. The molecule has 0 aliphatic heterocycles. The molecule has 0 spiro atoms. The van der Waals surface area contributed by atoms with Crippen molar-refractivity contribution in [1.82, 2.24) is 10.6 Å². The second-order valence-electron chi connectivity index (χ2n) is 4.28. The number of carbonyl (C=O) groups excluding carboxylic acids is 1. The van der Waals surface area contributed by atoms with E-state index in [-0.39, 0.29) is 12.0 Å². The fourth-order valence-electron chi connectivity index (χ4n) is 1.76. The van der Waals surface area contributed by atoms with Crippen molar-refractivity contribution in [1.29, 1.82) is 0 Å². The standard InChI is InChI=1S/C11H22N2O2/c1-3-8(4-2)13-11(15)7-12-9-5-10(14)6-9/h8-10,12,14H,3-7H2,1-2H3,(H,13,15). The number of aliphatic hydroxyl groups excluding tert-OH is 1. The number of aliphatic hydroxyl groups is 1. The molecule has 1 saturated carbocycles. The summed E-state index contributed by atoms with van der Waals surface area (Å²) in [6.07, 6.45) is 3.34. The zero-order valence-corrected chi connectivity index (χ0v) is 9.62. The van der Waals surface area contributed by atoms with E-state index in [1.165, 1.54) is 0 Å². The quantitative estimate of drug-likeness (QED) is 0.600.